The summed E-state index contributed by atoms with van der Waals surface area (Å²) in [6, 6.07) is 7.66. The fraction of sp³-hybridized carbons (Fsp3) is 0.250. The van der Waals surface area contributed by atoms with Crippen LogP contribution in [0.15, 0.2) is 36.7 Å². The van der Waals surface area contributed by atoms with Crippen LogP contribution in [0.4, 0.5) is 17.1 Å². The maximum Gasteiger partial charge on any atom is 0.255 e. The summed E-state index contributed by atoms with van der Waals surface area (Å²) in [6.07, 6.45) is 4.40. The lowest BCUT2D eigenvalue weighted by Gasteiger charge is -2.17. The minimum Gasteiger partial charge on any atom is -0.384 e. The van der Waals surface area contributed by atoms with Crippen molar-refractivity contribution in [2.75, 3.05) is 36.2 Å². The molecule has 1 amide bonds. The van der Waals surface area contributed by atoms with E-state index in [-0.39, 0.29) is 5.91 Å². The average molecular weight is 282 g/mol. The van der Waals surface area contributed by atoms with Gasteiger partial charge < -0.3 is 15.5 Å². The van der Waals surface area contributed by atoms with Crippen LogP contribution < -0.4 is 15.5 Å². The van der Waals surface area contributed by atoms with Crippen LogP contribution in [0.25, 0.3) is 0 Å². The number of aromatic nitrogens is 1. The largest absolute Gasteiger partial charge is 0.384 e. The molecule has 0 saturated carbocycles. The van der Waals surface area contributed by atoms with Gasteiger partial charge in [-0.25, -0.2) is 0 Å². The first-order chi connectivity index (χ1) is 10.1. The number of nitrogens with one attached hydrogen (secondary N) is 2. The number of fused-ring (bicyclic) bond motifs is 1. The highest BCUT2D eigenvalue weighted by molar-refractivity contribution is 6.06. The van der Waals surface area contributed by atoms with Crippen LogP contribution in [0.5, 0.6) is 0 Å². The summed E-state index contributed by atoms with van der Waals surface area (Å²) in [5, 5.41) is 6.22. The van der Waals surface area contributed by atoms with Crippen molar-refractivity contribution in [3.63, 3.8) is 0 Å². The summed E-state index contributed by atoms with van der Waals surface area (Å²) in [4.78, 5) is 18.4. The summed E-state index contributed by atoms with van der Waals surface area (Å²) in [6.45, 7) is 0.938. The van der Waals surface area contributed by atoms with Crippen molar-refractivity contribution in [2.24, 2.45) is 0 Å². The molecule has 0 spiro atoms. The van der Waals surface area contributed by atoms with Gasteiger partial charge in [0.1, 0.15) is 0 Å². The summed E-state index contributed by atoms with van der Waals surface area (Å²) in [7, 11) is 3.87. The minimum atomic E-state index is -0.123. The number of carbonyl (C=O) groups excluding carboxylic acids is 1. The van der Waals surface area contributed by atoms with Crippen molar-refractivity contribution in [1.82, 2.24) is 4.98 Å². The molecule has 1 aliphatic heterocycles. The molecule has 0 radical (unpaired) electrons. The fourth-order valence-corrected chi connectivity index (χ4v) is 2.50. The normalized spacial score (nSPS) is 12.5. The Bertz CT molecular complexity index is 682. The van der Waals surface area contributed by atoms with Crippen LogP contribution in [0, 0.1) is 0 Å². The van der Waals surface area contributed by atoms with Crippen LogP contribution >= 0.6 is 0 Å². The van der Waals surface area contributed by atoms with Gasteiger partial charge in [0.2, 0.25) is 0 Å². The van der Waals surface area contributed by atoms with E-state index in [2.05, 4.69) is 15.6 Å². The second kappa shape index (κ2) is 5.44. The van der Waals surface area contributed by atoms with Gasteiger partial charge in [-0.3, -0.25) is 9.78 Å². The van der Waals surface area contributed by atoms with Crippen molar-refractivity contribution >= 4 is 23.0 Å². The van der Waals surface area contributed by atoms with Crippen LogP contribution in [0.3, 0.4) is 0 Å². The lowest BCUT2D eigenvalue weighted by Crippen LogP contribution is -2.17. The summed E-state index contributed by atoms with van der Waals surface area (Å²) in [5.74, 6) is -0.123. The average Bonchev–Trinajstić information content (AvgIpc) is 2.94. The van der Waals surface area contributed by atoms with Gasteiger partial charge in [0.05, 0.1) is 17.6 Å². The molecule has 0 unspecified atom stereocenters. The van der Waals surface area contributed by atoms with Crippen molar-refractivity contribution in [3.05, 3.63) is 47.8 Å². The molecule has 2 heterocycles. The topological polar surface area (TPSA) is 57.3 Å². The smallest absolute Gasteiger partial charge is 0.255 e. The van der Waals surface area contributed by atoms with Crippen molar-refractivity contribution in [1.29, 1.82) is 0 Å². The zero-order chi connectivity index (χ0) is 14.8. The Labute approximate surface area is 124 Å². The van der Waals surface area contributed by atoms with E-state index in [1.807, 2.05) is 43.3 Å². The molecular formula is C16H18N4O. The molecule has 108 valence electrons. The van der Waals surface area contributed by atoms with Gasteiger partial charge in [-0.1, -0.05) is 6.07 Å². The van der Waals surface area contributed by atoms with E-state index in [1.54, 1.807) is 12.4 Å². The lowest BCUT2D eigenvalue weighted by atomic mass is 10.1. The zero-order valence-corrected chi connectivity index (χ0v) is 12.2. The Balaban J connectivity index is 1.84. The van der Waals surface area contributed by atoms with E-state index < -0.39 is 0 Å². The van der Waals surface area contributed by atoms with E-state index in [0.717, 1.165) is 24.3 Å². The SMILES string of the molecule is CN(C)c1ccncc1NC(=O)c1ccc2c(c1)NCC2. The van der Waals surface area contributed by atoms with Gasteiger partial charge >= 0.3 is 0 Å². The van der Waals surface area contributed by atoms with E-state index in [0.29, 0.717) is 11.3 Å². The first kappa shape index (κ1) is 13.4. The molecule has 0 fully saturated rings. The summed E-state index contributed by atoms with van der Waals surface area (Å²) in [5.41, 5.74) is 4.61. The van der Waals surface area contributed by atoms with E-state index in [9.17, 15) is 4.79 Å². The number of pyridine rings is 1. The fourth-order valence-electron chi connectivity index (χ4n) is 2.50. The van der Waals surface area contributed by atoms with Gasteiger partial charge in [0, 0.05) is 38.1 Å². The number of nitrogens with zero attached hydrogens (tertiary/aromatic N) is 2. The molecule has 5 heteroatoms. The van der Waals surface area contributed by atoms with Gasteiger partial charge in [-0.15, -0.1) is 0 Å². The van der Waals surface area contributed by atoms with Gasteiger partial charge in [-0.05, 0) is 30.2 Å². The Kier molecular flexibility index (Phi) is 3.48. The number of anilines is 3. The number of benzene rings is 1. The van der Waals surface area contributed by atoms with Crippen molar-refractivity contribution in [2.45, 2.75) is 6.42 Å². The summed E-state index contributed by atoms with van der Waals surface area (Å²) >= 11 is 0. The van der Waals surface area contributed by atoms with Crippen LogP contribution in [0.1, 0.15) is 15.9 Å². The van der Waals surface area contributed by atoms with E-state index in [1.165, 1.54) is 5.56 Å². The number of carbonyl (C=O) groups is 1. The third-order valence-corrected chi connectivity index (χ3v) is 3.61. The monoisotopic (exact) mass is 282 g/mol. The maximum absolute atomic E-state index is 12.4. The zero-order valence-electron chi connectivity index (χ0n) is 12.2. The molecular weight excluding hydrogens is 264 g/mol. The number of hydrogen-bond donors (Lipinski definition) is 2. The highest BCUT2D eigenvalue weighted by atomic mass is 16.1. The Morgan fingerprint density at radius 1 is 1.33 bits per heavy atom. The molecule has 0 atom stereocenters. The first-order valence-electron chi connectivity index (χ1n) is 6.94. The molecule has 2 N–H and O–H groups in total. The Morgan fingerprint density at radius 3 is 3.00 bits per heavy atom. The maximum atomic E-state index is 12.4. The van der Waals surface area contributed by atoms with Gasteiger partial charge in [0.15, 0.2) is 0 Å². The van der Waals surface area contributed by atoms with Crippen molar-refractivity contribution < 1.29 is 4.79 Å². The summed E-state index contributed by atoms with van der Waals surface area (Å²) < 4.78 is 0. The van der Waals surface area contributed by atoms with Crippen LogP contribution in [-0.4, -0.2) is 31.5 Å². The Hall–Kier alpha value is -2.56. The molecule has 1 aromatic carbocycles. The standard InChI is InChI=1S/C16H18N4O/c1-20(2)15-6-7-17-10-14(15)19-16(21)12-4-3-11-5-8-18-13(11)9-12/h3-4,6-7,9-10,18H,5,8H2,1-2H3,(H,19,21). The first-order valence-corrected chi connectivity index (χ1v) is 6.94. The molecule has 2 aromatic rings. The molecule has 1 aromatic heterocycles. The third-order valence-electron chi connectivity index (χ3n) is 3.61. The Morgan fingerprint density at radius 2 is 2.19 bits per heavy atom. The predicted octanol–water partition coefficient (Wildman–Crippen LogP) is 2.37. The quantitative estimate of drug-likeness (QED) is 0.907. The van der Waals surface area contributed by atoms with E-state index >= 15 is 0 Å². The molecule has 1 aliphatic rings. The molecule has 0 aliphatic carbocycles. The van der Waals surface area contributed by atoms with Gasteiger partial charge in [-0.2, -0.15) is 0 Å². The molecule has 3 rings (SSSR count). The number of rotatable bonds is 3. The third kappa shape index (κ3) is 2.67. The van der Waals surface area contributed by atoms with E-state index in [4.69, 9.17) is 0 Å². The highest BCUT2D eigenvalue weighted by Gasteiger charge is 2.15. The minimum absolute atomic E-state index is 0.123. The second-order valence-electron chi connectivity index (χ2n) is 5.29. The molecule has 21 heavy (non-hydrogen) atoms. The van der Waals surface area contributed by atoms with Crippen molar-refractivity contribution in [3.8, 4) is 0 Å². The van der Waals surface area contributed by atoms with Crippen LogP contribution in [-0.2, 0) is 6.42 Å². The number of hydrogen-bond acceptors (Lipinski definition) is 4. The van der Waals surface area contributed by atoms with Gasteiger partial charge in [0.25, 0.3) is 5.91 Å². The number of amides is 1. The molecule has 0 saturated heterocycles. The lowest BCUT2D eigenvalue weighted by molar-refractivity contribution is 0.102. The predicted molar refractivity (Wildman–Crippen MR) is 85.2 cm³/mol. The second-order valence-corrected chi connectivity index (χ2v) is 5.29. The molecule has 5 nitrogen and oxygen atoms in total. The van der Waals surface area contributed by atoms with Crippen LogP contribution in [0.2, 0.25) is 0 Å². The highest BCUT2D eigenvalue weighted by Crippen LogP contribution is 2.25. The molecule has 0 bridgehead atoms.